The second-order valence-electron chi connectivity index (χ2n) is 5.16. The van der Waals surface area contributed by atoms with Crippen molar-refractivity contribution >= 4 is 5.78 Å². The first-order valence-corrected chi connectivity index (χ1v) is 6.75. The van der Waals surface area contributed by atoms with Gasteiger partial charge in [0.2, 0.25) is 0 Å². The Morgan fingerprint density at radius 3 is 2.56 bits per heavy atom. The van der Waals surface area contributed by atoms with Gasteiger partial charge in [0.15, 0.2) is 5.78 Å². The molecular formula is C15H22N2O. The van der Waals surface area contributed by atoms with Crippen molar-refractivity contribution in [2.45, 2.75) is 32.2 Å². The highest BCUT2D eigenvalue weighted by molar-refractivity contribution is 5.94. The third kappa shape index (κ3) is 3.18. The van der Waals surface area contributed by atoms with Crippen LogP contribution in [0.4, 0.5) is 0 Å². The fourth-order valence-corrected chi connectivity index (χ4v) is 2.63. The maximum absolute atomic E-state index is 11.2. The largest absolute Gasteiger partial charge is 0.330 e. The normalized spacial score (nSPS) is 23.9. The molecule has 3 nitrogen and oxygen atoms in total. The van der Waals surface area contributed by atoms with Crippen molar-refractivity contribution in [2.24, 2.45) is 11.7 Å². The van der Waals surface area contributed by atoms with Crippen molar-refractivity contribution in [1.29, 1.82) is 0 Å². The van der Waals surface area contributed by atoms with E-state index in [0.717, 1.165) is 37.4 Å². The van der Waals surface area contributed by atoms with Crippen LogP contribution in [0.15, 0.2) is 24.3 Å². The molecule has 3 N–H and O–H groups in total. The zero-order valence-electron chi connectivity index (χ0n) is 11.0. The Bertz CT molecular complexity index is 391. The molecular weight excluding hydrogens is 224 g/mol. The molecule has 2 rings (SSSR count). The zero-order valence-corrected chi connectivity index (χ0v) is 11.0. The number of rotatable bonds is 4. The lowest BCUT2D eigenvalue weighted by Crippen LogP contribution is -2.34. The summed E-state index contributed by atoms with van der Waals surface area (Å²) < 4.78 is 0. The molecule has 0 aromatic heterocycles. The maximum Gasteiger partial charge on any atom is 0.159 e. The number of piperidine rings is 1. The van der Waals surface area contributed by atoms with Crippen molar-refractivity contribution in [3.63, 3.8) is 0 Å². The number of nitrogens with two attached hydrogens (primary N) is 1. The molecule has 1 heterocycles. The van der Waals surface area contributed by atoms with Crippen LogP contribution in [0, 0.1) is 5.92 Å². The summed E-state index contributed by atoms with van der Waals surface area (Å²) in [6.07, 6.45) is 3.51. The number of benzene rings is 1. The maximum atomic E-state index is 11.2. The molecule has 0 radical (unpaired) electrons. The van der Waals surface area contributed by atoms with E-state index in [9.17, 15) is 4.79 Å². The van der Waals surface area contributed by atoms with Crippen LogP contribution in [0.2, 0.25) is 0 Å². The number of ketones is 1. The molecule has 0 bridgehead atoms. The van der Waals surface area contributed by atoms with Gasteiger partial charge in [0.1, 0.15) is 0 Å². The lowest BCUT2D eigenvalue weighted by molar-refractivity contribution is 0.101. The molecule has 1 aliphatic heterocycles. The van der Waals surface area contributed by atoms with Gasteiger partial charge in [-0.1, -0.05) is 24.3 Å². The van der Waals surface area contributed by atoms with Gasteiger partial charge < -0.3 is 11.1 Å². The molecule has 3 heteroatoms. The number of hydrogen-bond donors (Lipinski definition) is 2. The summed E-state index contributed by atoms with van der Waals surface area (Å²) >= 11 is 0. The average Bonchev–Trinajstić information content (AvgIpc) is 2.40. The van der Waals surface area contributed by atoms with E-state index in [0.29, 0.717) is 6.04 Å². The predicted molar refractivity (Wildman–Crippen MR) is 73.6 cm³/mol. The molecule has 1 aliphatic rings. The van der Waals surface area contributed by atoms with E-state index in [1.807, 2.05) is 12.1 Å². The van der Waals surface area contributed by atoms with E-state index in [-0.39, 0.29) is 5.78 Å². The summed E-state index contributed by atoms with van der Waals surface area (Å²) in [6.45, 7) is 3.44. The van der Waals surface area contributed by atoms with Crippen LogP contribution in [0.25, 0.3) is 0 Å². The average molecular weight is 246 g/mol. The van der Waals surface area contributed by atoms with Crippen LogP contribution < -0.4 is 11.1 Å². The highest BCUT2D eigenvalue weighted by Crippen LogP contribution is 2.27. The van der Waals surface area contributed by atoms with Gasteiger partial charge in [-0.15, -0.1) is 0 Å². The summed E-state index contributed by atoms with van der Waals surface area (Å²) in [5, 5.41) is 3.58. The Balaban J connectivity index is 1.95. The summed E-state index contributed by atoms with van der Waals surface area (Å²) in [5.74, 6) is 0.851. The Labute approximate surface area is 109 Å². The van der Waals surface area contributed by atoms with Gasteiger partial charge in [-0.25, -0.2) is 0 Å². The quantitative estimate of drug-likeness (QED) is 0.801. The number of carbonyl (C=O) groups excluding carboxylic acids is 1. The predicted octanol–water partition coefficient (Wildman–Crippen LogP) is 2.28. The van der Waals surface area contributed by atoms with Crippen LogP contribution in [0.5, 0.6) is 0 Å². The van der Waals surface area contributed by atoms with Crippen LogP contribution in [0.3, 0.4) is 0 Å². The molecule has 0 aliphatic carbocycles. The Morgan fingerprint density at radius 1 is 1.33 bits per heavy atom. The molecule has 1 aromatic rings. The lowest BCUT2D eigenvalue weighted by Gasteiger charge is -2.30. The van der Waals surface area contributed by atoms with Gasteiger partial charge >= 0.3 is 0 Å². The topological polar surface area (TPSA) is 55.1 Å². The minimum atomic E-state index is 0.126. The molecule has 1 fully saturated rings. The Morgan fingerprint density at radius 2 is 2.06 bits per heavy atom. The van der Waals surface area contributed by atoms with Crippen molar-refractivity contribution in [1.82, 2.24) is 5.32 Å². The summed E-state index contributed by atoms with van der Waals surface area (Å²) in [4.78, 5) is 11.2. The second-order valence-corrected chi connectivity index (χ2v) is 5.16. The molecule has 0 saturated carbocycles. The van der Waals surface area contributed by atoms with E-state index < -0.39 is 0 Å². The molecule has 1 aromatic carbocycles. The van der Waals surface area contributed by atoms with E-state index in [2.05, 4.69) is 17.4 Å². The van der Waals surface area contributed by atoms with Gasteiger partial charge in [0.25, 0.3) is 0 Å². The zero-order chi connectivity index (χ0) is 13.0. The van der Waals surface area contributed by atoms with Crippen molar-refractivity contribution in [3.05, 3.63) is 35.4 Å². The molecule has 2 unspecified atom stereocenters. The number of Topliss-reactive ketones (excluding diaryl/α,β-unsaturated/α-hetero) is 1. The van der Waals surface area contributed by atoms with Crippen molar-refractivity contribution < 1.29 is 4.79 Å². The SMILES string of the molecule is CC(=O)c1ccc(C2CCC(CCN)CN2)cc1. The van der Waals surface area contributed by atoms with Crippen molar-refractivity contribution in [2.75, 3.05) is 13.1 Å². The van der Waals surface area contributed by atoms with Crippen LogP contribution in [0.1, 0.15) is 48.1 Å². The smallest absolute Gasteiger partial charge is 0.159 e. The Kier molecular flexibility index (Phi) is 4.50. The van der Waals surface area contributed by atoms with Gasteiger partial charge in [0.05, 0.1) is 0 Å². The Hall–Kier alpha value is -1.19. The molecule has 2 atom stereocenters. The standard InChI is InChI=1S/C15H22N2O/c1-11(18)13-3-5-14(6-4-13)15-7-2-12(8-9-16)10-17-15/h3-6,12,15,17H,2,7-10,16H2,1H3. The number of nitrogens with one attached hydrogen (secondary N) is 1. The fraction of sp³-hybridized carbons (Fsp3) is 0.533. The van der Waals surface area contributed by atoms with Crippen LogP contribution >= 0.6 is 0 Å². The van der Waals surface area contributed by atoms with Gasteiger partial charge in [-0.3, -0.25) is 4.79 Å². The molecule has 0 amide bonds. The van der Waals surface area contributed by atoms with Crippen LogP contribution in [-0.2, 0) is 0 Å². The number of carbonyl (C=O) groups is 1. The summed E-state index contributed by atoms with van der Waals surface area (Å²) in [7, 11) is 0. The van der Waals surface area contributed by atoms with Crippen molar-refractivity contribution in [3.8, 4) is 0 Å². The molecule has 1 saturated heterocycles. The first-order chi connectivity index (χ1) is 8.70. The fourth-order valence-electron chi connectivity index (χ4n) is 2.63. The summed E-state index contributed by atoms with van der Waals surface area (Å²) in [5.41, 5.74) is 7.66. The lowest BCUT2D eigenvalue weighted by atomic mass is 9.89. The second kappa shape index (κ2) is 6.12. The monoisotopic (exact) mass is 246 g/mol. The number of hydrogen-bond acceptors (Lipinski definition) is 3. The minimum Gasteiger partial charge on any atom is -0.330 e. The molecule has 98 valence electrons. The van der Waals surface area contributed by atoms with Gasteiger partial charge in [-0.2, -0.15) is 0 Å². The first kappa shape index (κ1) is 13.2. The molecule has 18 heavy (non-hydrogen) atoms. The summed E-state index contributed by atoms with van der Waals surface area (Å²) in [6, 6.07) is 8.41. The van der Waals surface area contributed by atoms with Gasteiger partial charge in [0, 0.05) is 11.6 Å². The minimum absolute atomic E-state index is 0.126. The highest BCUT2D eigenvalue weighted by Gasteiger charge is 2.20. The van der Waals surface area contributed by atoms with E-state index in [1.54, 1.807) is 6.92 Å². The third-order valence-corrected chi connectivity index (χ3v) is 3.81. The van der Waals surface area contributed by atoms with Gasteiger partial charge in [-0.05, 0) is 50.8 Å². The van der Waals surface area contributed by atoms with E-state index >= 15 is 0 Å². The first-order valence-electron chi connectivity index (χ1n) is 6.75. The van der Waals surface area contributed by atoms with E-state index in [1.165, 1.54) is 12.0 Å². The highest BCUT2D eigenvalue weighted by atomic mass is 16.1. The van der Waals surface area contributed by atoms with E-state index in [4.69, 9.17) is 5.73 Å². The molecule has 0 spiro atoms. The third-order valence-electron chi connectivity index (χ3n) is 3.81. The van der Waals surface area contributed by atoms with Crippen LogP contribution in [-0.4, -0.2) is 18.9 Å².